The highest BCUT2D eigenvalue weighted by Crippen LogP contribution is 1.95. The third-order valence-electron chi connectivity index (χ3n) is 1.42. The molecule has 0 bridgehead atoms. The first-order valence-corrected chi connectivity index (χ1v) is 3.18. The summed E-state index contributed by atoms with van der Waals surface area (Å²) in [7, 11) is 0. The van der Waals surface area contributed by atoms with Gasteiger partial charge in [-0.15, -0.1) is 12.4 Å². The Bertz CT molecular complexity index is 127. The summed E-state index contributed by atoms with van der Waals surface area (Å²) >= 11 is 0. The van der Waals surface area contributed by atoms with Crippen LogP contribution in [-0.2, 0) is 4.74 Å². The van der Waals surface area contributed by atoms with Crippen molar-refractivity contribution >= 4 is 18.4 Å². The van der Waals surface area contributed by atoms with E-state index < -0.39 is 0 Å². The van der Waals surface area contributed by atoms with Gasteiger partial charge in [-0.25, -0.2) is 10.6 Å². The van der Waals surface area contributed by atoms with Crippen LogP contribution >= 0.6 is 12.4 Å². The Balaban J connectivity index is 0.000001000. The number of hydrazine groups is 1. The number of nitrogens with zero attached hydrogens (tertiary/aromatic N) is 1. The Morgan fingerprint density at radius 2 is 2.00 bits per heavy atom. The molecule has 11 heavy (non-hydrogen) atoms. The van der Waals surface area contributed by atoms with E-state index in [4.69, 9.17) is 10.6 Å². The normalized spacial score (nSPS) is 17.0. The molecule has 1 rings (SSSR count). The molecule has 1 aliphatic heterocycles. The van der Waals surface area contributed by atoms with Gasteiger partial charge < -0.3 is 9.64 Å². The van der Waals surface area contributed by atoms with Crippen LogP contribution in [0.15, 0.2) is 0 Å². The van der Waals surface area contributed by atoms with Gasteiger partial charge in [-0.05, 0) is 0 Å². The lowest BCUT2D eigenvalue weighted by molar-refractivity contribution is 0.0532. The van der Waals surface area contributed by atoms with E-state index in [0.29, 0.717) is 26.3 Å². The maximum atomic E-state index is 10.8. The van der Waals surface area contributed by atoms with Gasteiger partial charge >= 0.3 is 6.03 Å². The van der Waals surface area contributed by atoms with E-state index in [0.717, 1.165) is 0 Å². The number of carbonyl (C=O) groups excluding carboxylic acids is 1. The predicted molar refractivity (Wildman–Crippen MR) is 42.4 cm³/mol. The third kappa shape index (κ3) is 2.92. The molecule has 0 atom stereocenters. The van der Waals surface area contributed by atoms with Gasteiger partial charge in [0, 0.05) is 13.1 Å². The van der Waals surface area contributed by atoms with E-state index in [-0.39, 0.29) is 18.4 Å². The zero-order chi connectivity index (χ0) is 7.40. The van der Waals surface area contributed by atoms with Gasteiger partial charge in [-0.1, -0.05) is 0 Å². The molecule has 0 aromatic carbocycles. The van der Waals surface area contributed by atoms with Crippen LogP contribution in [0.5, 0.6) is 0 Å². The van der Waals surface area contributed by atoms with Crippen LogP contribution in [0.1, 0.15) is 0 Å². The number of hydrogen-bond acceptors (Lipinski definition) is 3. The number of hydrogen-bond donors (Lipinski definition) is 2. The average Bonchev–Trinajstić information content (AvgIpc) is 2.05. The molecule has 2 amide bonds. The van der Waals surface area contributed by atoms with E-state index in [1.807, 2.05) is 0 Å². The monoisotopic (exact) mass is 181 g/mol. The number of halogens is 1. The fraction of sp³-hybridized carbons (Fsp3) is 0.800. The zero-order valence-electron chi connectivity index (χ0n) is 6.08. The van der Waals surface area contributed by atoms with Gasteiger partial charge in [0.25, 0.3) is 0 Å². The van der Waals surface area contributed by atoms with Gasteiger partial charge in [0.05, 0.1) is 13.2 Å². The molecule has 0 saturated carbocycles. The fourth-order valence-corrected chi connectivity index (χ4v) is 0.858. The minimum absolute atomic E-state index is 0. The molecule has 1 heterocycles. The molecule has 0 unspecified atom stereocenters. The van der Waals surface area contributed by atoms with Gasteiger partial charge in [0.1, 0.15) is 0 Å². The maximum Gasteiger partial charge on any atom is 0.331 e. The van der Waals surface area contributed by atoms with Gasteiger partial charge in [-0.2, -0.15) is 0 Å². The maximum absolute atomic E-state index is 10.8. The number of rotatable bonds is 0. The van der Waals surface area contributed by atoms with E-state index in [9.17, 15) is 4.79 Å². The average molecular weight is 182 g/mol. The fourth-order valence-electron chi connectivity index (χ4n) is 0.858. The Kier molecular flexibility index (Phi) is 4.93. The Hall–Kier alpha value is -0.520. The molecule has 1 saturated heterocycles. The molecular weight excluding hydrogens is 170 g/mol. The van der Waals surface area contributed by atoms with Crippen molar-refractivity contribution in [3.8, 4) is 0 Å². The standard InChI is InChI=1S/C5H11N3O2.ClH/c6-7-5(9)8-1-3-10-4-2-8;/h1-4,6H2,(H,7,9);1H. The number of nitrogens with two attached hydrogens (primary N) is 1. The number of carbonyl (C=O) groups is 1. The highest BCUT2D eigenvalue weighted by atomic mass is 35.5. The molecule has 0 spiro atoms. The van der Waals surface area contributed by atoms with Crippen LogP contribution in [0.25, 0.3) is 0 Å². The smallest absolute Gasteiger partial charge is 0.331 e. The molecule has 3 N–H and O–H groups in total. The van der Waals surface area contributed by atoms with Gasteiger partial charge in [-0.3, -0.25) is 5.43 Å². The van der Waals surface area contributed by atoms with Crippen molar-refractivity contribution in [1.29, 1.82) is 0 Å². The SMILES string of the molecule is Cl.NNC(=O)N1CCOCC1. The van der Waals surface area contributed by atoms with Crippen molar-refractivity contribution < 1.29 is 9.53 Å². The van der Waals surface area contributed by atoms with Crippen molar-refractivity contribution in [2.24, 2.45) is 5.84 Å². The number of nitrogens with one attached hydrogen (secondary N) is 1. The highest BCUT2D eigenvalue weighted by Gasteiger charge is 2.14. The summed E-state index contributed by atoms with van der Waals surface area (Å²) in [5.41, 5.74) is 2.07. The summed E-state index contributed by atoms with van der Waals surface area (Å²) in [5, 5.41) is 0. The first-order chi connectivity index (χ1) is 4.84. The van der Waals surface area contributed by atoms with Crippen molar-refractivity contribution in [3.63, 3.8) is 0 Å². The third-order valence-corrected chi connectivity index (χ3v) is 1.42. The lowest BCUT2D eigenvalue weighted by Crippen LogP contribution is -2.48. The number of morpholine rings is 1. The predicted octanol–water partition coefficient (Wildman–Crippen LogP) is -0.676. The van der Waals surface area contributed by atoms with E-state index in [1.165, 1.54) is 0 Å². The summed E-state index contributed by atoms with van der Waals surface area (Å²) < 4.78 is 5.03. The Labute approximate surface area is 71.2 Å². The highest BCUT2D eigenvalue weighted by molar-refractivity contribution is 5.85. The van der Waals surface area contributed by atoms with Gasteiger partial charge in [0.15, 0.2) is 0 Å². The van der Waals surface area contributed by atoms with E-state index >= 15 is 0 Å². The van der Waals surface area contributed by atoms with E-state index in [1.54, 1.807) is 4.90 Å². The minimum Gasteiger partial charge on any atom is -0.378 e. The second-order valence-corrected chi connectivity index (χ2v) is 2.05. The van der Waals surface area contributed by atoms with Crippen molar-refractivity contribution in [1.82, 2.24) is 10.3 Å². The van der Waals surface area contributed by atoms with Crippen LogP contribution in [0.3, 0.4) is 0 Å². The molecule has 0 aliphatic carbocycles. The first kappa shape index (κ1) is 10.5. The molecule has 1 fully saturated rings. The summed E-state index contributed by atoms with van der Waals surface area (Å²) in [5.74, 6) is 4.92. The van der Waals surface area contributed by atoms with Crippen LogP contribution in [0.2, 0.25) is 0 Å². The number of ether oxygens (including phenoxy) is 1. The van der Waals surface area contributed by atoms with Crippen LogP contribution in [-0.4, -0.2) is 37.2 Å². The lowest BCUT2D eigenvalue weighted by atomic mass is 10.4. The zero-order valence-corrected chi connectivity index (χ0v) is 6.89. The molecule has 0 aromatic rings. The minimum atomic E-state index is -0.233. The van der Waals surface area contributed by atoms with Gasteiger partial charge in [0.2, 0.25) is 0 Å². The molecule has 6 heteroatoms. The number of urea groups is 1. The second kappa shape index (κ2) is 5.17. The first-order valence-electron chi connectivity index (χ1n) is 3.18. The molecular formula is C5H12ClN3O2. The molecule has 66 valence electrons. The largest absolute Gasteiger partial charge is 0.378 e. The summed E-state index contributed by atoms with van der Waals surface area (Å²) in [6.07, 6.45) is 0. The van der Waals surface area contributed by atoms with Crippen LogP contribution in [0, 0.1) is 0 Å². The molecule has 5 nitrogen and oxygen atoms in total. The summed E-state index contributed by atoms with van der Waals surface area (Å²) in [6, 6.07) is -0.233. The Morgan fingerprint density at radius 3 is 2.45 bits per heavy atom. The van der Waals surface area contributed by atoms with Crippen molar-refractivity contribution in [2.45, 2.75) is 0 Å². The van der Waals surface area contributed by atoms with Crippen molar-refractivity contribution in [2.75, 3.05) is 26.3 Å². The second-order valence-electron chi connectivity index (χ2n) is 2.05. The molecule has 1 aliphatic rings. The molecule has 0 aromatic heterocycles. The lowest BCUT2D eigenvalue weighted by Gasteiger charge is -2.25. The summed E-state index contributed by atoms with van der Waals surface area (Å²) in [4.78, 5) is 12.4. The van der Waals surface area contributed by atoms with Crippen molar-refractivity contribution in [3.05, 3.63) is 0 Å². The van der Waals surface area contributed by atoms with Crippen LogP contribution < -0.4 is 11.3 Å². The summed E-state index contributed by atoms with van der Waals surface area (Å²) in [6.45, 7) is 2.47. The van der Waals surface area contributed by atoms with Crippen LogP contribution in [0.4, 0.5) is 4.79 Å². The quantitative estimate of drug-likeness (QED) is 0.296. The molecule has 0 radical (unpaired) electrons. The number of amides is 2. The van der Waals surface area contributed by atoms with E-state index in [2.05, 4.69) is 5.43 Å². The topological polar surface area (TPSA) is 67.6 Å². The Morgan fingerprint density at radius 1 is 1.45 bits per heavy atom.